The molecular weight excluding hydrogens is 718 g/mol. The number of unbranched alkanes of at least 4 members (excludes halogenated alkanes) is 4. The molecule has 0 radical (unpaired) electrons. The predicted octanol–water partition coefficient (Wildman–Crippen LogP) is 11.5. The van der Waals surface area contributed by atoms with Gasteiger partial charge in [0, 0.05) is 0 Å². The first-order valence-corrected chi connectivity index (χ1v) is 29.9. The van der Waals surface area contributed by atoms with Gasteiger partial charge >= 0.3 is 266 Å². The zero-order chi connectivity index (χ0) is 30.1. The Morgan fingerprint density at radius 2 is 0.805 bits per heavy atom. The average molecular weight is 780 g/mol. The van der Waals surface area contributed by atoms with Crippen LogP contribution in [0.3, 0.4) is 0 Å². The molecule has 0 fully saturated rings. The molecule has 0 saturated heterocycles. The molecule has 0 N–H and O–H groups in total. The number of hydrogen-bond donors (Lipinski definition) is 0. The van der Waals surface area contributed by atoms with Crippen LogP contribution in [0, 0.1) is 0 Å². The molecule has 0 heterocycles. The Morgan fingerprint density at radius 3 is 1.07 bits per heavy atom. The normalized spacial score (nSPS) is 12.1. The molecule has 5 heteroatoms. The fraction of sp³-hybridized carbons (Fsp3) is 0.667. The van der Waals surface area contributed by atoms with E-state index in [0.29, 0.717) is 0 Å². The number of benzene rings is 2. The second-order valence-corrected chi connectivity index (χ2v) is 33.5. The van der Waals surface area contributed by atoms with Gasteiger partial charge in [0.25, 0.3) is 0 Å². The Labute approximate surface area is 264 Å². The van der Waals surface area contributed by atoms with Crippen molar-refractivity contribution in [2.24, 2.45) is 0 Å². The summed E-state index contributed by atoms with van der Waals surface area (Å²) in [7, 11) is 0. The van der Waals surface area contributed by atoms with E-state index in [1.165, 1.54) is 73.6 Å². The van der Waals surface area contributed by atoms with Gasteiger partial charge in [-0.2, -0.15) is 0 Å². The Hall–Kier alpha value is -0.403. The first-order valence-electron chi connectivity index (χ1n) is 17.2. The van der Waals surface area contributed by atoms with Gasteiger partial charge in [-0.15, -0.1) is 0 Å². The van der Waals surface area contributed by atoms with E-state index in [4.69, 9.17) is 7.56 Å². The van der Waals surface area contributed by atoms with Crippen molar-refractivity contribution in [2.75, 3.05) is 0 Å². The van der Waals surface area contributed by atoms with Gasteiger partial charge in [0.2, 0.25) is 0 Å². The van der Waals surface area contributed by atoms with Crippen molar-refractivity contribution in [3.05, 3.63) is 58.7 Å². The van der Waals surface area contributed by atoms with Gasteiger partial charge < -0.3 is 0 Å². The van der Waals surface area contributed by atoms with Crippen LogP contribution < -0.4 is 6.15 Å². The fourth-order valence-electron chi connectivity index (χ4n) is 6.10. The van der Waals surface area contributed by atoms with Crippen molar-refractivity contribution in [1.29, 1.82) is 0 Å². The van der Waals surface area contributed by atoms with E-state index in [1.807, 2.05) is 0 Å². The SMILES string of the molecule is CCC[CH2][Sn]([CH2]CCC)([O]c1cccc(CC)c1CC)[O][Sn]([CH2]CCC)([CH2]CCC)[O]c1cccc(CC)c1CC. The summed E-state index contributed by atoms with van der Waals surface area (Å²) >= 11 is -7.30. The summed E-state index contributed by atoms with van der Waals surface area (Å²) in [5.74, 6) is 2.23. The molecule has 0 aliphatic rings. The molecule has 2 aromatic rings. The summed E-state index contributed by atoms with van der Waals surface area (Å²) in [6.45, 7) is 18.3. The minimum absolute atomic E-state index is 1.00. The van der Waals surface area contributed by atoms with E-state index >= 15 is 0 Å². The molecule has 0 unspecified atom stereocenters. The van der Waals surface area contributed by atoms with Gasteiger partial charge in [0.05, 0.1) is 0 Å². The van der Waals surface area contributed by atoms with E-state index in [0.717, 1.165) is 54.9 Å². The number of aryl methyl sites for hydroxylation is 2. The molecule has 41 heavy (non-hydrogen) atoms. The van der Waals surface area contributed by atoms with Gasteiger partial charge in [-0.05, 0) is 0 Å². The summed E-state index contributed by atoms with van der Waals surface area (Å²) < 4.78 is 27.4. The molecule has 0 spiro atoms. The third-order valence-electron chi connectivity index (χ3n) is 8.54. The molecule has 0 aliphatic heterocycles. The topological polar surface area (TPSA) is 27.7 Å². The predicted molar refractivity (Wildman–Crippen MR) is 183 cm³/mol. The van der Waals surface area contributed by atoms with Crippen LogP contribution >= 0.6 is 0 Å². The second kappa shape index (κ2) is 19.8. The van der Waals surface area contributed by atoms with Crippen LogP contribution in [0.4, 0.5) is 0 Å². The first kappa shape index (κ1) is 36.8. The average Bonchev–Trinajstić information content (AvgIpc) is 3.00. The van der Waals surface area contributed by atoms with Crippen LogP contribution in [0.5, 0.6) is 11.5 Å². The maximum atomic E-state index is 7.96. The quantitative estimate of drug-likeness (QED) is 0.111. The zero-order valence-electron chi connectivity index (χ0n) is 28.0. The van der Waals surface area contributed by atoms with Gasteiger partial charge in [-0.1, -0.05) is 0 Å². The monoisotopic (exact) mass is 782 g/mol. The molecule has 0 aliphatic carbocycles. The van der Waals surface area contributed by atoms with Crippen molar-refractivity contribution < 1.29 is 7.56 Å². The Kier molecular flexibility index (Phi) is 17.8. The molecule has 0 bridgehead atoms. The van der Waals surface area contributed by atoms with Gasteiger partial charge in [0.15, 0.2) is 0 Å². The van der Waals surface area contributed by atoms with E-state index < -0.39 is 38.4 Å². The summed E-state index contributed by atoms with van der Waals surface area (Å²) in [6.07, 6.45) is 13.5. The third kappa shape index (κ3) is 10.9. The van der Waals surface area contributed by atoms with Crippen LogP contribution in [0.15, 0.2) is 36.4 Å². The Bertz CT molecular complexity index is 911. The molecule has 3 nitrogen and oxygen atoms in total. The van der Waals surface area contributed by atoms with Crippen molar-refractivity contribution in [3.63, 3.8) is 0 Å². The Balaban J connectivity index is 2.72. The molecule has 0 amide bonds. The second-order valence-electron chi connectivity index (χ2n) is 11.7. The van der Waals surface area contributed by atoms with Crippen LogP contribution in [-0.2, 0) is 27.1 Å². The van der Waals surface area contributed by atoms with Crippen molar-refractivity contribution >= 4 is 38.4 Å². The van der Waals surface area contributed by atoms with Crippen LogP contribution in [0.25, 0.3) is 0 Å². The van der Waals surface area contributed by atoms with Gasteiger partial charge in [0.1, 0.15) is 0 Å². The standard InChI is InChI=1S/2C10H14O.4C4H9.O.2Sn/c2*1-3-8-6-5-7-10(11)9(8)4-2;4*1-3-4-2;;;/h2*5-7,11H,3-4H2,1-2H3;4*1,3-4H2,2H3;;;/q;;;;;;;2*+1/p-2. The van der Waals surface area contributed by atoms with Gasteiger partial charge in [-0.3, -0.25) is 0 Å². The van der Waals surface area contributed by atoms with E-state index in [9.17, 15) is 0 Å². The van der Waals surface area contributed by atoms with E-state index in [-0.39, 0.29) is 0 Å². The molecule has 232 valence electrons. The maximum absolute atomic E-state index is 7.96. The molecule has 0 atom stereocenters. The molecule has 0 saturated carbocycles. The summed E-state index contributed by atoms with van der Waals surface area (Å²) in [4.78, 5) is 0. The number of rotatable bonds is 22. The van der Waals surface area contributed by atoms with Crippen molar-refractivity contribution in [3.8, 4) is 11.5 Å². The number of hydrogen-bond acceptors (Lipinski definition) is 3. The fourth-order valence-corrected chi connectivity index (χ4v) is 48.0. The van der Waals surface area contributed by atoms with Crippen molar-refractivity contribution in [2.45, 2.75) is 150 Å². The summed E-state index contributed by atoms with van der Waals surface area (Å²) in [5.41, 5.74) is 5.62. The molecule has 2 rings (SSSR count). The zero-order valence-corrected chi connectivity index (χ0v) is 33.7. The van der Waals surface area contributed by atoms with Crippen LogP contribution in [-0.4, -0.2) is 38.4 Å². The molecular formula is C36H62O3Sn2. The van der Waals surface area contributed by atoms with Crippen LogP contribution in [0.2, 0.25) is 17.7 Å². The summed E-state index contributed by atoms with van der Waals surface area (Å²) in [6, 6.07) is 13.4. The minimum atomic E-state index is -3.65. The third-order valence-corrected chi connectivity index (χ3v) is 41.0. The Morgan fingerprint density at radius 1 is 0.463 bits per heavy atom. The first-order chi connectivity index (χ1) is 19.9. The van der Waals surface area contributed by atoms with Gasteiger partial charge in [-0.25, -0.2) is 0 Å². The van der Waals surface area contributed by atoms with E-state index in [2.05, 4.69) is 91.8 Å². The summed E-state index contributed by atoms with van der Waals surface area (Å²) in [5, 5.41) is 0. The van der Waals surface area contributed by atoms with E-state index in [1.54, 1.807) is 0 Å². The molecule has 2 aromatic carbocycles. The molecule has 0 aromatic heterocycles. The van der Waals surface area contributed by atoms with Crippen LogP contribution in [0.1, 0.15) is 129 Å². The van der Waals surface area contributed by atoms with Crippen molar-refractivity contribution in [1.82, 2.24) is 0 Å².